The molecular weight excluding hydrogens is 334 g/mol. The maximum atomic E-state index is 12.0. The molecule has 3 N–H and O–H groups in total. The van der Waals surface area contributed by atoms with E-state index in [9.17, 15) is 4.79 Å². The van der Waals surface area contributed by atoms with Gasteiger partial charge in [0.25, 0.3) is 0 Å². The largest absolute Gasteiger partial charge is 0.398 e. The number of nitrogens with zero attached hydrogens (tertiary/aromatic N) is 3. The molecule has 0 saturated carbocycles. The zero-order valence-electron chi connectivity index (χ0n) is 12.3. The number of amides is 1. The summed E-state index contributed by atoms with van der Waals surface area (Å²) in [5, 5.41) is 12.1. The van der Waals surface area contributed by atoms with Gasteiger partial charge in [0.15, 0.2) is 10.8 Å². The smallest absolute Gasteiger partial charge is 0.234 e. The van der Waals surface area contributed by atoms with Gasteiger partial charge < -0.3 is 11.1 Å². The van der Waals surface area contributed by atoms with Gasteiger partial charge in [-0.3, -0.25) is 9.20 Å². The van der Waals surface area contributed by atoms with Crippen molar-refractivity contribution in [2.24, 2.45) is 0 Å². The summed E-state index contributed by atoms with van der Waals surface area (Å²) in [4.78, 5) is 12.0. The molecule has 118 valence electrons. The van der Waals surface area contributed by atoms with E-state index in [4.69, 9.17) is 17.3 Å². The van der Waals surface area contributed by atoms with Gasteiger partial charge in [0.2, 0.25) is 5.91 Å². The van der Waals surface area contributed by atoms with Crippen LogP contribution in [-0.4, -0.2) is 26.3 Å². The molecule has 1 amide bonds. The van der Waals surface area contributed by atoms with Crippen molar-refractivity contribution >= 4 is 46.3 Å². The van der Waals surface area contributed by atoms with Crippen molar-refractivity contribution in [1.29, 1.82) is 0 Å². The second-order valence-corrected chi connectivity index (χ2v) is 6.32. The first-order valence-corrected chi connectivity index (χ1v) is 8.18. The number of nitrogens with one attached hydrogen (secondary N) is 1. The first kappa shape index (κ1) is 15.6. The third-order valence-corrected chi connectivity index (χ3v) is 4.53. The fourth-order valence-corrected chi connectivity index (χ4v) is 2.88. The van der Waals surface area contributed by atoms with Crippen molar-refractivity contribution in [1.82, 2.24) is 14.6 Å². The maximum Gasteiger partial charge on any atom is 0.234 e. The molecule has 3 rings (SSSR count). The number of benzene rings is 1. The number of aromatic nitrogens is 3. The molecule has 6 nitrogen and oxygen atoms in total. The lowest BCUT2D eigenvalue weighted by molar-refractivity contribution is -0.113. The third-order valence-electron chi connectivity index (χ3n) is 3.18. The number of carbonyl (C=O) groups excluding carboxylic acids is 1. The van der Waals surface area contributed by atoms with E-state index in [1.807, 2.05) is 19.1 Å². The molecule has 3 aromatic rings. The number of halogens is 1. The molecular formula is C15H14ClN5OS. The Bertz CT molecular complexity index is 879. The topological polar surface area (TPSA) is 85.3 Å². The van der Waals surface area contributed by atoms with Crippen molar-refractivity contribution in [2.75, 3.05) is 16.8 Å². The SMILES string of the molecule is Cc1ccc(NC(=O)CSc2nnc3ccc(N)cn23)cc1Cl. The Morgan fingerprint density at radius 2 is 2.17 bits per heavy atom. The van der Waals surface area contributed by atoms with Crippen LogP contribution in [0.3, 0.4) is 0 Å². The van der Waals surface area contributed by atoms with Gasteiger partial charge in [0.05, 0.1) is 5.75 Å². The molecule has 0 bridgehead atoms. The summed E-state index contributed by atoms with van der Waals surface area (Å²) in [6, 6.07) is 8.94. The Morgan fingerprint density at radius 3 is 2.96 bits per heavy atom. The fourth-order valence-electron chi connectivity index (χ4n) is 1.98. The molecule has 0 radical (unpaired) electrons. The summed E-state index contributed by atoms with van der Waals surface area (Å²) in [5.41, 5.74) is 8.69. The molecule has 2 heterocycles. The first-order chi connectivity index (χ1) is 11.0. The summed E-state index contributed by atoms with van der Waals surface area (Å²) in [5.74, 6) is 0.0664. The number of nitrogen functional groups attached to an aromatic ring is 1. The number of nitrogens with two attached hydrogens (primary N) is 1. The Labute approximate surface area is 142 Å². The van der Waals surface area contributed by atoms with Crippen molar-refractivity contribution in [3.8, 4) is 0 Å². The molecule has 1 aromatic carbocycles. The average Bonchev–Trinajstić information content (AvgIpc) is 2.91. The van der Waals surface area contributed by atoms with Crippen molar-refractivity contribution < 1.29 is 4.79 Å². The molecule has 0 unspecified atom stereocenters. The highest BCUT2D eigenvalue weighted by atomic mass is 35.5. The van der Waals surface area contributed by atoms with Crippen LogP contribution in [0, 0.1) is 6.92 Å². The van der Waals surface area contributed by atoms with Crippen LogP contribution in [0.1, 0.15) is 5.56 Å². The highest BCUT2D eigenvalue weighted by Crippen LogP contribution is 2.21. The van der Waals surface area contributed by atoms with E-state index < -0.39 is 0 Å². The summed E-state index contributed by atoms with van der Waals surface area (Å²) >= 11 is 7.33. The third kappa shape index (κ3) is 3.57. The number of pyridine rings is 1. The monoisotopic (exact) mass is 347 g/mol. The van der Waals surface area contributed by atoms with E-state index in [1.165, 1.54) is 11.8 Å². The normalized spacial score (nSPS) is 10.9. The number of hydrogen-bond acceptors (Lipinski definition) is 5. The number of anilines is 2. The minimum absolute atomic E-state index is 0.143. The van der Waals surface area contributed by atoms with Crippen molar-refractivity contribution in [2.45, 2.75) is 12.1 Å². The summed E-state index contributed by atoms with van der Waals surface area (Å²) in [6.07, 6.45) is 1.73. The van der Waals surface area contributed by atoms with Crippen molar-refractivity contribution in [3.05, 3.63) is 47.1 Å². The van der Waals surface area contributed by atoms with Gasteiger partial charge in [-0.05, 0) is 36.8 Å². The van der Waals surface area contributed by atoms with Crippen LogP contribution in [-0.2, 0) is 4.79 Å². The van der Waals surface area contributed by atoms with Gasteiger partial charge in [-0.2, -0.15) is 0 Å². The Balaban J connectivity index is 1.66. The van der Waals surface area contributed by atoms with Crippen LogP contribution >= 0.6 is 23.4 Å². The number of fused-ring (bicyclic) bond motifs is 1. The molecule has 0 atom stereocenters. The van der Waals surface area contributed by atoms with Crippen LogP contribution in [0.2, 0.25) is 5.02 Å². The van der Waals surface area contributed by atoms with E-state index >= 15 is 0 Å². The summed E-state index contributed by atoms with van der Waals surface area (Å²) in [7, 11) is 0. The zero-order valence-corrected chi connectivity index (χ0v) is 13.9. The Morgan fingerprint density at radius 1 is 1.35 bits per heavy atom. The molecule has 0 aliphatic heterocycles. The van der Waals surface area contributed by atoms with Crippen LogP contribution in [0.5, 0.6) is 0 Å². The number of rotatable bonds is 4. The lowest BCUT2D eigenvalue weighted by atomic mass is 10.2. The Kier molecular flexibility index (Phi) is 4.40. The molecule has 2 aromatic heterocycles. The lowest BCUT2D eigenvalue weighted by Gasteiger charge is -2.06. The van der Waals surface area contributed by atoms with Gasteiger partial charge in [-0.15, -0.1) is 10.2 Å². The Hall–Kier alpha value is -2.25. The second kappa shape index (κ2) is 6.47. The van der Waals surface area contributed by atoms with Crippen LogP contribution in [0.4, 0.5) is 11.4 Å². The summed E-state index contributed by atoms with van der Waals surface area (Å²) in [6.45, 7) is 1.91. The maximum absolute atomic E-state index is 12.0. The number of carbonyl (C=O) groups is 1. The average molecular weight is 348 g/mol. The van der Waals surface area contributed by atoms with E-state index in [0.29, 0.717) is 27.2 Å². The molecule has 0 aliphatic carbocycles. The fraction of sp³-hybridized carbons (Fsp3) is 0.133. The van der Waals surface area contributed by atoms with Crippen LogP contribution < -0.4 is 11.1 Å². The molecule has 0 fully saturated rings. The minimum Gasteiger partial charge on any atom is -0.398 e. The standard InChI is InChI=1S/C15H14ClN5OS/c1-9-2-4-11(6-12(9)16)18-14(22)8-23-15-20-19-13-5-3-10(17)7-21(13)15/h2-7H,8,17H2,1H3,(H,18,22). The van der Waals surface area contributed by atoms with E-state index in [2.05, 4.69) is 15.5 Å². The predicted molar refractivity (Wildman–Crippen MR) is 92.9 cm³/mol. The molecule has 23 heavy (non-hydrogen) atoms. The predicted octanol–water partition coefficient (Wildman–Crippen LogP) is 3.00. The number of hydrogen-bond donors (Lipinski definition) is 2. The van der Waals surface area contributed by atoms with E-state index in [0.717, 1.165) is 5.56 Å². The quantitative estimate of drug-likeness (QED) is 0.708. The molecule has 0 saturated heterocycles. The van der Waals surface area contributed by atoms with Gasteiger partial charge in [0.1, 0.15) is 0 Å². The second-order valence-electron chi connectivity index (χ2n) is 4.97. The van der Waals surface area contributed by atoms with Crippen LogP contribution in [0.25, 0.3) is 5.65 Å². The lowest BCUT2D eigenvalue weighted by Crippen LogP contribution is -2.14. The highest BCUT2D eigenvalue weighted by molar-refractivity contribution is 7.99. The van der Waals surface area contributed by atoms with Gasteiger partial charge in [0, 0.05) is 22.6 Å². The van der Waals surface area contributed by atoms with Crippen molar-refractivity contribution in [3.63, 3.8) is 0 Å². The van der Waals surface area contributed by atoms with Crippen LogP contribution in [0.15, 0.2) is 41.7 Å². The first-order valence-electron chi connectivity index (χ1n) is 6.82. The van der Waals surface area contributed by atoms with Gasteiger partial charge >= 0.3 is 0 Å². The number of thioether (sulfide) groups is 1. The number of aryl methyl sites for hydroxylation is 1. The molecule has 0 aliphatic rings. The highest BCUT2D eigenvalue weighted by Gasteiger charge is 2.10. The van der Waals surface area contributed by atoms with Gasteiger partial charge in [-0.25, -0.2) is 0 Å². The zero-order chi connectivity index (χ0) is 16.4. The molecule has 0 spiro atoms. The molecule has 8 heteroatoms. The van der Waals surface area contributed by atoms with E-state index in [1.54, 1.807) is 28.8 Å². The minimum atomic E-state index is -0.143. The summed E-state index contributed by atoms with van der Waals surface area (Å²) < 4.78 is 1.76. The van der Waals surface area contributed by atoms with E-state index in [-0.39, 0.29) is 11.7 Å². The van der Waals surface area contributed by atoms with Gasteiger partial charge in [-0.1, -0.05) is 29.4 Å².